The fourth-order valence-corrected chi connectivity index (χ4v) is 3.87. The number of nitrogens with zero attached hydrogens (tertiary/aromatic N) is 3. The van der Waals surface area contributed by atoms with E-state index >= 15 is 0 Å². The molecular weight excluding hydrogens is 388 g/mol. The van der Waals surface area contributed by atoms with Crippen LogP contribution in [0.25, 0.3) is 11.4 Å². The molecule has 0 aliphatic heterocycles. The van der Waals surface area contributed by atoms with Gasteiger partial charge in [0.1, 0.15) is 5.75 Å². The first kappa shape index (κ1) is 21.1. The average molecular weight is 415 g/mol. The minimum absolute atomic E-state index is 0.0805. The number of hydrogen-bond donors (Lipinski definition) is 1. The van der Waals surface area contributed by atoms with Crippen molar-refractivity contribution >= 4 is 17.5 Å². The Balaban J connectivity index is 1.62. The van der Waals surface area contributed by atoms with E-state index in [9.17, 15) is 4.79 Å². The van der Waals surface area contributed by atoms with E-state index in [0.717, 1.165) is 41.2 Å². The Kier molecular flexibility index (Phi) is 7.11. The number of nitrogens with one attached hydrogen (secondary N) is 1. The molecule has 0 aliphatic carbocycles. The van der Waals surface area contributed by atoms with Gasteiger partial charge >= 0.3 is 0 Å². The van der Waals surface area contributed by atoms with Crippen molar-refractivity contribution in [3.8, 4) is 17.1 Å². The molecule has 8 heteroatoms. The van der Waals surface area contributed by atoms with Crippen molar-refractivity contribution in [2.75, 3.05) is 26.6 Å². The normalized spacial score (nSPS) is 11.0. The van der Waals surface area contributed by atoms with Gasteiger partial charge < -0.3 is 14.0 Å². The smallest absolute Gasteiger partial charge is 0.209 e. The summed E-state index contributed by atoms with van der Waals surface area (Å²) in [5, 5.41) is 7.70. The molecule has 0 bridgehead atoms. The number of H-pyrrole nitrogens is 1. The van der Waals surface area contributed by atoms with Crippen LogP contribution in [0.5, 0.6) is 5.75 Å². The number of aromatic amines is 1. The third-order valence-corrected chi connectivity index (χ3v) is 5.61. The van der Waals surface area contributed by atoms with E-state index in [1.165, 1.54) is 11.8 Å². The molecule has 0 spiro atoms. The summed E-state index contributed by atoms with van der Waals surface area (Å²) in [6, 6.07) is 9.54. The van der Waals surface area contributed by atoms with Gasteiger partial charge in [-0.15, -0.1) is 5.10 Å². The average Bonchev–Trinajstić information content (AvgIpc) is 3.32. The second kappa shape index (κ2) is 9.76. The van der Waals surface area contributed by atoms with Crippen LogP contribution in [0.1, 0.15) is 28.2 Å². The predicted molar refractivity (Wildman–Crippen MR) is 114 cm³/mol. The van der Waals surface area contributed by atoms with E-state index < -0.39 is 0 Å². The Labute approximate surface area is 174 Å². The highest BCUT2D eigenvalue weighted by molar-refractivity contribution is 7.99. The van der Waals surface area contributed by atoms with Gasteiger partial charge in [0.15, 0.2) is 11.6 Å². The molecule has 0 radical (unpaired) electrons. The molecule has 0 unspecified atom stereocenters. The number of ketones is 1. The number of rotatable bonds is 10. The zero-order valence-electron chi connectivity index (χ0n) is 17.2. The van der Waals surface area contributed by atoms with Crippen molar-refractivity contribution < 1.29 is 14.3 Å². The quantitative estimate of drug-likeness (QED) is 0.308. The van der Waals surface area contributed by atoms with Gasteiger partial charge in [-0.25, -0.2) is 4.98 Å². The second-order valence-corrected chi connectivity index (χ2v) is 7.63. The molecule has 29 heavy (non-hydrogen) atoms. The number of aromatic nitrogens is 4. The molecule has 154 valence electrons. The van der Waals surface area contributed by atoms with Gasteiger partial charge in [-0.1, -0.05) is 11.8 Å². The lowest BCUT2D eigenvalue weighted by atomic mass is 10.2. The number of Topliss-reactive ketones (excluding diaryl/α,β-unsaturated/α-hetero) is 1. The summed E-state index contributed by atoms with van der Waals surface area (Å²) in [7, 11) is 3.33. The largest absolute Gasteiger partial charge is 0.497 e. The minimum Gasteiger partial charge on any atom is -0.497 e. The highest BCUT2D eigenvalue weighted by Gasteiger charge is 2.17. The molecule has 1 aromatic carbocycles. The standard InChI is InChI=1S/C21H26N4O3S/c1-14-12-18(15(2)25(14)10-5-11-27-3)19(26)13-29-21-22-20(23-24-21)16-6-8-17(28-4)9-7-16/h6-9,12H,5,10-11,13H2,1-4H3,(H,22,23,24). The number of benzene rings is 1. The van der Waals surface area contributed by atoms with E-state index in [-0.39, 0.29) is 5.78 Å². The monoisotopic (exact) mass is 414 g/mol. The molecule has 0 fully saturated rings. The summed E-state index contributed by atoms with van der Waals surface area (Å²) < 4.78 is 12.5. The van der Waals surface area contributed by atoms with Gasteiger partial charge in [0.05, 0.1) is 12.9 Å². The maximum absolute atomic E-state index is 12.7. The molecule has 0 atom stereocenters. The number of carbonyl (C=O) groups excluding carboxylic acids is 1. The zero-order chi connectivity index (χ0) is 20.8. The Morgan fingerprint density at radius 3 is 2.66 bits per heavy atom. The maximum Gasteiger partial charge on any atom is 0.209 e. The van der Waals surface area contributed by atoms with Gasteiger partial charge in [-0.3, -0.25) is 9.89 Å². The molecule has 0 aliphatic rings. The SMILES string of the molecule is COCCCn1c(C)cc(C(=O)CSc2n[nH]c(-c3ccc(OC)cc3)n2)c1C. The lowest BCUT2D eigenvalue weighted by Crippen LogP contribution is -2.08. The van der Waals surface area contributed by atoms with Crippen molar-refractivity contribution in [2.24, 2.45) is 0 Å². The third kappa shape index (κ3) is 5.07. The Morgan fingerprint density at radius 2 is 1.97 bits per heavy atom. The van der Waals surface area contributed by atoms with Crippen molar-refractivity contribution in [3.63, 3.8) is 0 Å². The molecule has 2 heterocycles. The van der Waals surface area contributed by atoms with Crippen LogP contribution in [-0.2, 0) is 11.3 Å². The maximum atomic E-state index is 12.7. The number of carbonyl (C=O) groups is 1. The predicted octanol–water partition coefficient (Wildman–Crippen LogP) is 3.91. The van der Waals surface area contributed by atoms with Crippen molar-refractivity contribution in [3.05, 3.63) is 47.3 Å². The molecule has 0 saturated carbocycles. The molecule has 0 saturated heterocycles. The number of aryl methyl sites for hydroxylation is 1. The molecule has 3 rings (SSSR count). The van der Waals surface area contributed by atoms with Gasteiger partial charge in [-0.05, 0) is 50.6 Å². The van der Waals surface area contributed by atoms with E-state index in [1.54, 1.807) is 14.2 Å². The summed E-state index contributed by atoms with van der Waals surface area (Å²) in [4.78, 5) is 17.2. The second-order valence-electron chi connectivity index (χ2n) is 6.69. The van der Waals surface area contributed by atoms with Crippen LogP contribution in [0.15, 0.2) is 35.5 Å². The fraction of sp³-hybridized carbons (Fsp3) is 0.381. The summed E-state index contributed by atoms with van der Waals surface area (Å²) in [6.07, 6.45) is 0.917. The molecule has 3 aromatic rings. The Morgan fingerprint density at radius 1 is 1.21 bits per heavy atom. The number of thioether (sulfide) groups is 1. The summed E-state index contributed by atoms with van der Waals surface area (Å²) in [6.45, 7) is 5.57. The van der Waals surface area contributed by atoms with Crippen LogP contribution in [0.2, 0.25) is 0 Å². The van der Waals surface area contributed by atoms with Crippen molar-refractivity contribution in [1.82, 2.24) is 19.7 Å². The van der Waals surface area contributed by atoms with Gasteiger partial charge in [0.2, 0.25) is 5.16 Å². The summed E-state index contributed by atoms with van der Waals surface area (Å²) >= 11 is 1.33. The fourth-order valence-electron chi connectivity index (χ4n) is 3.19. The molecule has 7 nitrogen and oxygen atoms in total. The number of ether oxygens (including phenoxy) is 2. The van der Waals surface area contributed by atoms with Crippen LogP contribution in [0.3, 0.4) is 0 Å². The highest BCUT2D eigenvalue weighted by Crippen LogP contribution is 2.23. The van der Waals surface area contributed by atoms with Gasteiger partial charge in [-0.2, -0.15) is 0 Å². The van der Waals surface area contributed by atoms with E-state index in [2.05, 4.69) is 19.7 Å². The van der Waals surface area contributed by atoms with E-state index in [4.69, 9.17) is 9.47 Å². The lowest BCUT2D eigenvalue weighted by molar-refractivity contribution is 0.102. The number of hydrogen-bond acceptors (Lipinski definition) is 6. The van der Waals surface area contributed by atoms with Crippen LogP contribution < -0.4 is 4.74 Å². The minimum atomic E-state index is 0.0805. The van der Waals surface area contributed by atoms with Crippen LogP contribution in [-0.4, -0.2) is 52.1 Å². The highest BCUT2D eigenvalue weighted by atomic mass is 32.2. The van der Waals surface area contributed by atoms with Crippen LogP contribution in [0, 0.1) is 13.8 Å². The third-order valence-electron chi connectivity index (χ3n) is 4.76. The van der Waals surface area contributed by atoms with Gasteiger partial charge in [0, 0.05) is 42.8 Å². The molecule has 0 amide bonds. The summed E-state index contributed by atoms with van der Waals surface area (Å²) in [5.74, 6) is 1.83. The topological polar surface area (TPSA) is 82.0 Å². The first-order valence-electron chi connectivity index (χ1n) is 9.42. The van der Waals surface area contributed by atoms with E-state index in [1.807, 2.05) is 44.2 Å². The van der Waals surface area contributed by atoms with Crippen LogP contribution >= 0.6 is 11.8 Å². The van der Waals surface area contributed by atoms with Crippen molar-refractivity contribution in [1.29, 1.82) is 0 Å². The lowest BCUT2D eigenvalue weighted by Gasteiger charge is -2.09. The first-order chi connectivity index (χ1) is 14.0. The number of methoxy groups -OCH3 is 2. The molecule has 2 aromatic heterocycles. The summed E-state index contributed by atoms with van der Waals surface area (Å²) in [5.41, 5.74) is 3.76. The van der Waals surface area contributed by atoms with Crippen molar-refractivity contribution in [2.45, 2.75) is 32.0 Å². The van der Waals surface area contributed by atoms with E-state index in [0.29, 0.717) is 23.3 Å². The Bertz CT molecular complexity index is 963. The first-order valence-corrected chi connectivity index (χ1v) is 10.4. The Hall–Kier alpha value is -2.58. The molecule has 1 N–H and O–H groups in total. The molecular formula is C21H26N4O3S. The zero-order valence-corrected chi connectivity index (χ0v) is 18.0. The van der Waals surface area contributed by atoms with Crippen LogP contribution in [0.4, 0.5) is 0 Å². The van der Waals surface area contributed by atoms with Gasteiger partial charge in [0.25, 0.3) is 0 Å².